The molecule has 1 saturated carbocycles. The highest BCUT2D eigenvalue weighted by Crippen LogP contribution is 2.37. The van der Waals surface area contributed by atoms with Crippen molar-refractivity contribution in [3.63, 3.8) is 0 Å². The van der Waals surface area contributed by atoms with E-state index in [2.05, 4.69) is 17.4 Å². The highest BCUT2D eigenvalue weighted by atomic mass is 16.3. The Morgan fingerprint density at radius 3 is 2.56 bits per heavy atom. The number of aromatic hydroxyl groups is 1. The molecule has 0 unspecified atom stereocenters. The number of rotatable bonds is 2. The van der Waals surface area contributed by atoms with E-state index < -0.39 is 0 Å². The number of benzene rings is 1. The summed E-state index contributed by atoms with van der Waals surface area (Å²) in [4.78, 5) is 0. The fraction of sp³-hybridized carbons (Fsp3) is 0.625. The van der Waals surface area contributed by atoms with Gasteiger partial charge in [0, 0.05) is 11.6 Å². The van der Waals surface area contributed by atoms with Crippen LogP contribution >= 0.6 is 0 Å². The minimum atomic E-state index is 0.369. The van der Waals surface area contributed by atoms with Crippen LogP contribution in [0.15, 0.2) is 18.2 Å². The van der Waals surface area contributed by atoms with E-state index in [4.69, 9.17) is 0 Å². The van der Waals surface area contributed by atoms with Crippen molar-refractivity contribution in [2.75, 3.05) is 6.54 Å². The standard InChI is InChI=1S/C16H23NO/c18-16-9-8-13(12-5-2-1-3-6-12)11-14(16)15-7-4-10-17-15/h8-9,11-12,15,17-18H,1-7,10H2/t15-/m1/s1. The Bertz CT molecular complexity index is 404. The Balaban J connectivity index is 1.84. The van der Waals surface area contributed by atoms with Crippen LogP contribution < -0.4 is 5.32 Å². The van der Waals surface area contributed by atoms with E-state index in [1.807, 2.05) is 6.07 Å². The molecular formula is C16H23NO. The van der Waals surface area contributed by atoms with Gasteiger partial charge in [0.1, 0.15) is 5.75 Å². The van der Waals surface area contributed by atoms with Crippen LogP contribution in [-0.2, 0) is 0 Å². The van der Waals surface area contributed by atoms with Crippen molar-refractivity contribution >= 4 is 0 Å². The van der Waals surface area contributed by atoms with Gasteiger partial charge in [-0.1, -0.05) is 31.4 Å². The SMILES string of the molecule is Oc1ccc(C2CCCCC2)cc1[C@H]1CCCN1. The maximum Gasteiger partial charge on any atom is 0.120 e. The zero-order chi connectivity index (χ0) is 12.4. The van der Waals surface area contributed by atoms with Crippen molar-refractivity contribution < 1.29 is 5.11 Å². The predicted molar refractivity (Wildman–Crippen MR) is 73.9 cm³/mol. The fourth-order valence-electron chi connectivity index (χ4n) is 3.49. The van der Waals surface area contributed by atoms with Crippen molar-refractivity contribution in [1.29, 1.82) is 0 Å². The number of hydrogen-bond acceptors (Lipinski definition) is 2. The highest BCUT2D eigenvalue weighted by molar-refractivity contribution is 5.40. The van der Waals surface area contributed by atoms with Crippen LogP contribution in [0.1, 0.15) is 68.0 Å². The van der Waals surface area contributed by atoms with Crippen LogP contribution in [0.5, 0.6) is 5.75 Å². The summed E-state index contributed by atoms with van der Waals surface area (Å²) in [6.07, 6.45) is 9.14. The summed E-state index contributed by atoms with van der Waals surface area (Å²) >= 11 is 0. The second kappa shape index (κ2) is 5.31. The molecule has 1 heterocycles. The summed E-state index contributed by atoms with van der Waals surface area (Å²) in [5, 5.41) is 13.5. The lowest BCUT2D eigenvalue weighted by atomic mass is 9.83. The van der Waals surface area contributed by atoms with E-state index in [9.17, 15) is 5.11 Å². The van der Waals surface area contributed by atoms with Crippen molar-refractivity contribution in [2.24, 2.45) is 0 Å². The van der Waals surface area contributed by atoms with Crippen LogP contribution in [0.4, 0.5) is 0 Å². The molecule has 0 bridgehead atoms. The topological polar surface area (TPSA) is 32.3 Å². The minimum Gasteiger partial charge on any atom is -0.508 e. The van der Waals surface area contributed by atoms with Gasteiger partial charge in [0.2, 0.25) is 0 Å². The Hall–Kier alpha value is -1.02. The maximum absolute atomic E-state index is 10.1. The predicted octanol–water partition coefficient (Wildman–Crippen LogP) is 3.86. The first-order chi connectivity index (χ1) is 8.84. The molecule has 0 radical (unpaired) electrons. The zero-order valence-electron chi connectivity index (χ0n) is 11.0. The largest absolute Gasteiger partial charge is 0.508 e. The Morgan fingerprint density at radius 1 is 1.00 bits per heavy atom. The molecule has 0 spiro atoms. The van der Waals surface area contributed by atoms with Gasteiger partial charge in [0.05, 0.1) is 0 Å². The third-order valence-electron chi connectivity index (χ3n) is 4.56. The van der Waals surface area contributed by atoms with Crippen LogP contribution in [0.25, 0.3) is 0 Å². The van der Waals surface area contributed by atoms with Gasteiger partial charge in [0.25, 0.3) is 0 Å². The zero-order valence-corrected chi connectivity index (χ0v) is 11.0. The van der Waals surface area contributed by atoms with Gasteiger partial charge in [-0.2, -0.15) is 0 Å². The van der Waals surface area contributed by atoms with Crippen LogP contribution in [0.2, 0.25) is 0 Å². The molecule has 3 rings (SSSR count). The molecular weight excluding hydrogens is 222 g/mol. The van der Waals surface area contributed by atoms with Gasteiger partial charge in [0.15, 0.2) is 0 Å². The Morgan fingerprint density at radius 2 is 1.83 bits per heavy atom. The normalized spacial score (nSPS) is 25.4. The highest BCUT2D eigenvalue weighted by Gasteiger charge is 2.22. The first-order valence-corrected chi connectivity index (χ1v) is 7.41. The van der Waals surface area contributed by atoms with Gasteiger partial charge in [-0.05, 0) is 49.8 Å². The molecule has 2 N–H and O–H groups in total. The summed E-state index contributed by atoms with van der Waals surface area (Å²) in [5.74, 6) is 1.19. The molecule has 2 aliphatic rings. The average Bonchev–Trinajstić information content (AvgIpc) is 2.94. The summed E-state index contributed by atoms with van der Waals surface area (Å²) in [7, 11) is 0. The van der Waals surface area contributed by atoms with Gasteiger partial charge in [-0.3, -0.25) is 0 Å². The molecule has 1 aromatic rings. The maximum atomic E-state index is 10.1. The van der Waals surface area contributed by atoms with E-state index in [1.54, 1.807) is 0 Å². The molecule has 1 aliphatic heterocycles. The molecule has 98 valence electrons. The van der Waals surface area contributed by atoms with E-state index >= 15 is 0 Å². The molecule has 0 amide bonds. The quantitative estimate of drug-likeness (QED) is 0.829. The summed E-state index contributed by atoms with van der Waals surface area (Å²) in [6.45, 7) is 1.08. The Kier molecular flexibility index (Phi) is 3.55. The fourth-order valence-corrected chi connectivity index (χ4v) is 3.49. The van der Waals surface area contributed by atoms with Gasteiger partial charge >= 0.3 is 0 Å². The molecule has 18 heavy (non-hydrogen) atoms. The third kappa shape index (κ3) is 2.39. The molecule has 2 heteroatoms. The van der Waals surface area contributed by atoms with E-state index in [0.717, 1.165) is 24.4 Å². The van der Waals surface area contributed by atoms with Crippen molar-refractivity contribution in [1.82, 2.24) is 5.32 Å². The average molecular weight is 245 g/mol. The van der Waals surface area contributed by atoms with E-state index in [0.29, 0.717) is 11.8 Å². The van der Waals surface area contributed by atoms with Gasteiger partial charge < -0.3 is 10.4 Å². The molecule has 1 saturated heterocycles. The molecule has 1 aromatic carbocycles. The van der Waals surface area contributed by atoms with Gasteiger partial charge in [-0.25, -0.2) is 0 Å². The Labute approximate surface area is 109 Å². The van der Waals surface area contributed by atoms with Crippen molar-refractivity contribution in [3.05, 3.63) is 29.3 Å². The number of phenolic OH excluding ortho intramolecular Hbond substituents is 1. The number of phenols is 1. The summed E-state index contributed by atoms with van der Waals surface area (Å²) in [6, 6.07) is 6.66. The second-order valence-corrected chi connectivity index (χ2v) is 5.80. The molecule has 0 aromatic heterocycles. The summed E-state index contributed by atoms with van der Waals surface area (Å²) < 4.78 is 0. The smallest absolute Gasteiger partial charge is 0.120 e. The number of nitrogens with one attached hydrogen (secondary N) is 1. The molecule has 1 aliphatic carbocycles. The van der Waals surface area contributed by atoms with Crippen LogP contribution in [0.3, 0.4) is 0 Å². The van der Waals surface area contributed by atoms with Crippen LogP contribution in [0, 0.1) is 0 Å². The number of hydrogen-bond donors (Lipinski definition) is 2. The second-order valence-electron chi connectivity index (χ2n) is 5.80. The minimum absolute atomic E-state index is 0.369. The molecule has 2 fully saturated rings. The monoisotopic (exact) mass is 245 g/mol. The molecule has 2 nitrogen and oxygen atoms in total. The van der Waals surface area contributed by atoms with Gasteiger partial charge in [-0.15, -0.1) is 0 Å². The first kappa shape index (κ1) is 12.0. The van der Waals surface area contributed by atoms with E-state index in [1.165, 1.54) is 44.1 Å². The molecule has 1 atom stereocenters. The lowest BCUT2D eigenvalue weighted by molar-refractivity contribution is 0.437. The third-order valence-corrected chi connectivity index (χ3v) is 4.56. The lowest BCUT2D eigenvalue weighted by Crippen LogP contribution is -2.14. The first-order valence-electron chi connectivity index (χ1n) is 7.41. The van der Waals surface area contributed by atoms with Crippen LogP contribution in [-0.4, -0.2) is 11.7 Å². The van der Waals surface area contributed by atoms with E-state index in [-0.39, 0.29) is 0 Å². The summed E-state index contributed by atoms with van der Waals surface area (Å²) in [5.41, 5.74) is 2.56. The van der Waals surface area contributed by atoms with Crippen molar-refractivity contribution in [3.8, 4) is 5.75 Å². The lowest BCUT2D eigenvalue weighted by Gasteiger charge is -2.23. The van der Waals surface area contributed by atoms with Crippen molar-refractivity contribution in [2.45, 2.75) is 56.9 Å².